The molecule has 0 saturated carbocycles. The van der Waals surface area contributed by atoms with Crippen molar-refractivity contribution >= 4 is 27.5 Å². The van der Waals surface area contributed by atoms with Crippen molar-refractivity contribution in [3.8, 4) is 0 Å². The van der Waals surface area contributed by atoms with E-state index in [9.17, 15) is 19.0 Å². The highest BCUT2D eigenvalue weighted by atomic mass is 31.2. The Morgan fingerprint density at radius 2 is 2.00 bits per heavy atom. The lowest BCUT2D eigenvalue weighted by Gasteiger charge is -2.25. The molecule has 0 spiro atoms. The summed E-state index contributed by atoms with van der Waals surface area (Å²) in [5, 5.41) is 11.1. The zero-order valence-corrected chi connectivity index (χ0v) is 16.8. The van der Waals surface area contributed by atoms with Crippen molar-refractivity contribution in [2.75, 3.05) is 33.5 Å². The molecule has 3 N–H and O–H groups in total. The van der Waals surface area contributed by atoms with Crippen molar-refractivity contribution in [2.24, 2.45) is 0 Å². The maximum atomic E-state index is 11.8. The van der Waals surface area contributed by atoms with E-state index in [4.69, 9.17) is 31.7 Å². The maximum absolute atomic E-state index is 11.8. The van der Waals surface area contributed by atoms with Gasteiger partial charge in [-0.1, -0.05) is 0 Å². The molecule has 0 aliphatic carbocycles. The summed E-state index contributed by atoms with van der Waals surface area (Å²) in [5.74, 6) is -1.27. The normalized spacial score (nSPS) is 26.7. The number of carbonyl (C=O) groups excluding carboxylic acids is 1. The van der Waals surface area contributed by atoms with Crippen LogP contribution in [0.2, 0.25) is 0 Å². The molecule has 13 heteroatoms. The van der Waals surface area contributed by atoms with Crippen LogP contribution in [0.1, 0.15) is 26.2 Å². The molecule has 0 aromatic rings. The first-order chi connectivity index (χ1) is 13.2. The Balaban J connectivity index is 2.51. The Bertz CT molecular complexity index is 551. The topological polar surface area (TPSA) is 150 Å². The Kier molecular flexibility index (Phi) is 11.2. The van der Waals surface area contributed by atoms with Crippen molar-refractivity contribution in [1.29, 1.82) is 0 Å². The van der Waals surface area contributed by atoms with Gasteiger partial charge < -0.3 is 29.5 Å². The molecule has 2 radical (unpaired) electrons. The van der Waals surface area contributed by atoms with Gasteiger partial charge in [0.2, 0.25) is 5.91 Å². The second-order valence-corrected chi connectivity index (χ2v) is 7.47. The van der Waals surface area contributed by atoms with Gasteiger partial charge in [0.15, 0.2) is 0 Å². The van der Waals surface area contributed by atoms with Crippen molar-refractivity contribution in [3.63, 3.8) is 0 Å². The van der Waals surface area contributed by atoms with Crippen LogP contribution in [-0.4, -0.2) is 87.5 Å². The van der Waals surface area contributed by atoms with Gasteiger partial charge in [0, 0.05) is 39.1 Å². The van der Waals surface area contributed by atoms with Gasteiger partial charge in [-0.2, -0.15) is 0 Å². The summed E-state index contributed by atoms with van der Waals surface area (Å²) in [4.78, 5) is 31.6. The first kappa shape index (κ1) is 25.0. The van der Waals surface area contributed by atoms with Crippen LogP contribution in [0.25, 0.3) is 0 Å². The first-order valence-corrected chi connectivity index (χ1v) is 10.4. The lowest BCUT2D eigenvalue weighted by molar-refractivity contribution is -0.137. The number of hydrogen-bond acceptors (Lipinski definition) is 8. The van der Waals surface area contributed by atoms with E-state index in [-0.39, 0.29) is 44.9 Å². The molecule has 1 aliphatic rings. The van der Waals surface area contributed by atoms with Crippen LogP contribution >= 0.6 is 7.82 Å². The smallest absolute Gasteiger partial charge is 0.472 e. The number of phosphoric acid groups is 1. The van der Waals surface area contributed by atoms with Gasteiger partial charge in [-0.25, -0.2) is 4.57 Å². The largest absolute Gasteiger partial charge is 0.481 e. The Morgan fingerprint density at radius 1 is 1.29 bits per heavy atom. The van der Waals surface area contributed by atoms with E-state index in [0.717, 1.165) is 7.11 Å². The number of carbonyl (C=O) groups is 2. The Labute approximate surface area is 165 Å². The number of hydrogen-bond donors (Lipinski definition) is 3. The maximum Gasteiger partial charge on any atom is 0.472 e. The number of phosphoric ester groups is 1. The minimum atomic E-state index is -4.32. The molecule has 5 atom stereocenters. The highest BCUT2D eigenvalue weighted by molar-refractivity contribution is 7.47. The number of carboxylic acid groups (broad SMARTS) is 1. The third kappa shape index (κ3) is 9.00. The molecule has 1 heterocycles. The number of amides is 1. The Hall–Kier alpha value is -1.01. The fourth-order valence-electron chi connectivity index (χ4n) is 2.51. The summed E-state index contributed by atoms with van der Waals surface area (Å²) in [6, 6.07) is -0.932. The molecule has 1 rings (SSSR count). The number of nitrogens with one attached hydrogen (secondary N) is 1. The standard InChI is InChI=1S/C15H27BNO10P/c1-3-24-9-10-13(27-28(21,22)23-2)14(15(16)26-10)25-8-7-17-11(18)5-4-6-12(19)20/h10,13-15H,3-9H2,1-2H3,(H,17,18)(H,19,20)(H,21,22)/t10-,13?,14+,15-/m1/s1. The van der Waals surface area contributed by atoms with E-state index in [0.29, 0.717) is 6.61 Å². The highest BCUT2D eigenvalue weighted by Crippen LogP contribution is 2.46. The molecule has 1 aliphatic heterocycles. The van der Waals surface area contributed by atoms with Crippen molar-refractivity contribution in [1.82, 2.24) is 5.32 Å². The average Bonchev–Trinajstić information content (AvgIpc) is 2.91. The van der Waals surface area contributed by atoms with Crippen molar-refractivity contribution < 1.29 is 47.4 Å². The molecular formula is C15H27BNO10P. The van der Waals surface area contributed by atoms with Gasteiger partial charge >= 0.3 is 13.8 Å². The van der Waals surface area contributed by atoms with Crippen LogP contribution in [0.5, 0.6) is 0 Å². The first-order valence-electron chi connectivity index (χ1n) is 8.86. The SMILES string of the molecule is [B][C@@H]1O[C@H](COCC)C(OP(=O)(O)OC)[C@@H]1OCCNC(=O)CCCC(=O)O. The van der Waals surface area contributed by atoms with E-state index in [1.54, 1.807) is 6.92 Å². The quantitative estimate of drug-likeness (QED) is 0.195. The summed E-state index contributed by atoms with van der Waals surface area (Å²) in [7, 11) is 2.60. The van der Waals surface area contributed by atoms with Crippen LogP contribution in [0, 0.1) is 0 Å². The van der Waals surface area contributed by atoms with Gasteiger partial charge in [-0.15, -0.1) is 0 Å². The average molecular weight is 423 g/mol. The van der Waals surface area contributed by atoms with Gasteiger partial charge in [0.05, 0.1) is 13.2 Å². The predicted molar refractivity (Wildman–Crippen MR) is 96.9 cm³/mol. The minimum absolute atomic E-state index is 0.0380. The van der Waals surface area contributed by atoms with Crippen molar-refractivity contribution in [2.45, 2.75) is 50.5 Å². The molecular weight excluding hydrogens is 396 g/mol. The predicted octanol–water partition coefficient (Wildman–Crippen LogP) is -0.195. The highest BCUT2D eigenvalue weighted by Gasteiger charge is 2.47. The van der Waals surface area contributed by atoms with Gasteiger partial charge in [0.1, 0.15) is 26.2 Å². The molecule has 28 heavy (non-hydrogen) atoms. The second kappa shape index (κ2) is 12.5. The zero-order chi connectivity index (χ0) is 21.2. The van der Waals surface area contributed by atoms with Gasteiger partial charge in [0.25, 0.3) is 0 Å². The minimum Gasteiger partial charge on any atom is -0.481 e. The molecule has 1 fully saturated rings. The molecule has 0 aromatic carbocycles. The van der Waals surface area contributed by atoms with Crippen LogP contribution in [-0.2, 0) is 37.4 Å². The summed E-state index contributed by atoms with van der Waals surface area (Å²) >= 11 is 0. The summed E-state index contributed by atoms with van der Waals surface area (Å²) in [6.45, 7) is 2.44. The van der Waals surface area contributed by atoms with Gasteiger partial charge in [-0.3, -0.25) is 18.6 Å². The van der Waals surface area contributed by atoms with Crippen LogP contribution < -0.4 is 5.32 Å². The summed E-state index contributed by atoms with van der Waals surface area (Å²) < 4.78 is 37.7. The molecule has 0 aromatic heterocycles. The fourth-order valence-corrected chi connectivity index (χ4v) is 3.16. The second-order valence-electron chi connectivity index (χ2n) is 5.95. The van der Waals surface area contributed by atoms with Crippen LogP contribution in [0.15, 0.2) is 0 Å². The van der Waals surface area contributed by atoms with E-state index in [2.05, 4.69) is 9.84 Å². The van der Waals surface area contributed by atoms with E-state index >= 15 is 0 Å². The third-order valence-electron chi connectivity index (χ3n) is 3.85. The zero-order valence-electron chi connectivity index (χ0n) is 15.9. The lowest BCUT2D eigenvalue weighted by Crippen LogP contribution is -2.40. The summed E-state index contributed by atoms with van der Waals surface area (Å²) in [5.41, 5.74) is 0. The van der Waals surface area contributed by atoms with Crippen molar-refractivity contribution in [3.05, 3.63) is 0 Å². The molecule has 1 amide bonds. The van der Waals surface area contributed by atoms with E-state index < -0.39 is 38.1 Å². The molecule has 160 valence electrons. The van der Waals surface area contributed by atoms with E-state index in [1.165, 1.54) is 0 Å². The molecule has 0 bridgehead atoms. The monoisotopic (exact) mass is 423 g/mol. The number of aliphatic carboxylic acids is 1. The van der Waals surface area contributed by atoms with Gasteiger partial charge in [-0.05, 0) is 13.3 Å². The number of rotatable bonds is 14. The number of ether oxygens (including phenoxy) is 3. The molecule has 1 saturated heterocycles. The lowest BCUT2D eigenvalue weighted by atomic mass is 9.93. The van der Waals surface area contributed by atoms with E-state index in [1.807, 2.05) is 0 Å². The summed E-state index contributed by atoms with van der Waals surface area (Å²) in [6.07, 6.45) is -2.39. The fraction of sp³-hybridized carbons (Fsp3) is 0.867. The number of carboxylic acids is 1. The third-order valence-corrected chi connectivity index (χ3v) is 4.82. The van der Waals surface area contributed by atoms with Crippen LogP contribution in [0.4, 0.5) is 0 Å². The van der Waals surface area contributed by atoms with Crippen LogP contribution in [0.3, 0.4) is 0 Å². The molecule has 2 unspecified atom stereocenters. The molecule has 11 nitrogen and oxygen atoms in total. The Morgan fingerprint density at radius 3 is 2.61 bits per heavy atom.